The fourth-order valence-corrected chi connectivity index (χ4v) is 3.14. The van der Waals surface area contributed by atoms with E-state index in [2.05, 4.69) is 15.6 Å². The van der Waals surface area contributed by atoms with Crippen molar-refractivity contribution in [2.45, 2.75) is 51.2 Å². The van der Waals surface area contributed by atoms with Crippen LogP contribution in [0.5, 0.6) is 5.75 Å². The average Bonchev–Trinajstić information content (AvgIpc) is 2.78. The number of methoxy groups -OCH3 is 1. The molecule has 0 radical (unpaired) electrons. The maximum absolute atomic E-state index is 13.0. The van der Waals surface area contributed by atoms with Gasteiger partial charge in [0.05, 0.1) is 7.11 Å². The van der Waals surface area contributed by atoms with Crippen LogP contribution >= 0.6 is 12.4 Å². The number of esters is 1. The number of carbonyl (C=O) groups is 3. The summed E-state index contributed by atoms with van der Waals surface area (Å²) in [4.78, 5) is 52.8. The van der Waals surface area contributed by atoms with Crippen molar-refractivity contribution < 1.29 is 29.3 Å². The molecule has 2 amide bonds. The van der Waals surface area contributed by atoms with Gasteiger partial charge >= 0.3 is 5.97 Å². The van der Waals surface area contributed by atoms with Gasteiger partial charge in [-0.25, -0.2) is 14.9 Å². The van der Waals surface area contributed by atoms with Crippen molar-refractivity contribution >= 4 is 36.2 Å². The van der Waals surface area contributed by atoms with E-state index in [1.54, 1.807) is 26.0 Å². The van der Waals surface area contributed by atoms with Crippen molar-refractivity contribution in [2.24, 2.45) is 22.4 Å². The van der Waals surface area contributed by atoms with Gasteiger partial charge in [0, 0.05) is 13.0 Å². The van der Waals surface area contributed by atoms with Crippen LogP contribution in [0.25, 0.3) is 0 Å². The number of guanidine groups is 1. The Kier molecular flexibility index (Phi) is 14.3. The molecule has 0 aromatic heterocycles. The maximum Gasteiger partial charge on any atom is 0.328 e. The van der Waals surface area contributed by atoms with E-state index < -0.39 is 46.9 Å². The molecule has 0 heterocycles. The van der Waals surface area contributed by atoms with Gasteiger partial charge in [-0.15, -0.1) is 17.8 Å². The number of nitrogens with one attached hydrogen (secondary N) is 3. The monoisotopic (exact) mass is 531 g/mol. The lowest BCUT2D eigenvalue weighted by atomic mass is 10.0. The quantitative estimate of drug-likeness (QED) is 0.0444. The maximum atomic E-state index is 13.0. The van der Waals surface area contributed by atoms with Crippen LogP contribution in [-0.2, 0) is 25.5 Å². The van der Waals surface area contributed by atoms with Crippen molar-refractivity contribution in [2.75, 3.05) is 13.7 Å². The minimum Gasteiger partial charge on any atom is -0.508 e. The highest BCUT2D eigenvalue weighted by atomic mass is 35.5. The molecule has 8 N–H and O–H groups in total. The normalized spacial score (nSPS) is 12.8. The lowest BCUT2D eigenvalue weighted by Crippen LogP contribution is -2.57. The predicted molar refractivity (Wildman–Crippen MR) is 134 cm³/mol. The van der Waals surface area contributed by atoms with Gasteiger partial charge in [0.15, 0.2) is 17.0 Å². The fourth-order valence-electron chi connectivity index (χ4n) is 3.14. The summed E-state index contributed by atoms with van der Waals surface area (Å²) in [5.41, 5.74) is 13.1. The first-order valence-electron chi connectivity index (χ1n) is 10.9. The Morgan fingerprint density at radius 2 is 1.72 bits per heavy atom. The van der Waals surface area contributed by atoms with Crippen LogP contribution in [0.1, 0.15) is 32.3 Å². The number of ether oxygens (including phenoxy) is 1. The Labute approximate surface area is 214 Å². The number of aliphatic imine (C=N–C) groups is 1. The molecule has 3 unspecified atom stereocenters. The SMILES string of the molecule is COC(=O)C(Cc1ccc(O)cc1)NC(=O)C(NC(=O)C(CCCN=C(N)N)N[N+](=O)[O-])C(C)C.Cl. The molecule has 202 valence electrons. The molecule has 15 heteroatoms. The zero-order chi connectivity index (χ0) is 26.5. The standard InChI is InChI=1S/C21H33N7O7.ClH/c1-12(2)17(26-18(30)15(27-28(33)34)5-4-10-24-21(22)23)19(31)25-16(20(32)35-3)11-13-6-8-14(29)9-7-13;/h6-9,12,15-17,27,29H,4-5,10-11H2,1-3H3,(H,25,31)(H,26,30)(H4,22,23,24);1H. The number of halogens is 1. The third-order valence-electron chi connectivity index (χ3n) is 4.95. The summed E-state index contributed by atoms with van der Waals surface area (Å²) in [6, 6.07) is 2.66. The number of hydrazine groups is 1. The molecule has 14 nitrogen and oxygen atoms in total. The summed E-state index contributed by atoms with van der Waals surface area (Å²) >= 11 is 0. The number of nitro groups is 1. The van der Waals surface area contributed by atoms with Gasteiger partial charge in [-0.1, -0.05) is 26.0 Å². The van der Waals surface area contributed by atoms with E-state index in [4.69, 9.17) is 16.2 Å². The van der Waals surface area contributed by atoms with E-state index in [-0.39, 0.29) is 49.9 Å². The van der Waals surface area contributed by atoms with Gasteiger partial charge in [0.2, 0.25) is 11.8 Å². The summed E-state index contributed by atoms with van der Waals surface area (Å²) in [7, 11) is 1.18. The molecule has 0 spiro atoms. The molecule has 0 aliphatic carbocycles. The molecule has 0 fully saturated rings. The average molecular weight is 532 g/mol. The van der Waals surface area contributed by atoms with Crippen LogP contribution in [0.4, 0.5) is 0 Å². The number of carbonyl (C=O) groups excluding carboxylic acids is 3. The molecule has 0 saturated carbocycles. The van der Waals surface area contributed by atoms with E-state index in [1.165, 1.54) is 19.2 Å². The zero-order valence-corrected chi connectivity index (χ0v) is 21.1. The summed E-state index contributed by atoms with van der Waals surface area (Å²) in [6.07, 6.45) is 0.377. The Balaban J connectivity index is 0.0000122. The molecule has 36 heavy (non-hydrogen) atoms. The van der Waals surface area contributed by atoms with Gasteiger partial charge in [-0.3, -0.25) is 14.6 Å². The third-order valence-corrected chi connectivity index (χ3v) is 4.95. The van der Waals surface area contributed by atoms with Gasteiger partial charge in [-0.2, -0.15) is 0 Å². The number of benzene rings is 1. The number of phenols is 1. The highest BCUT2D eigenvalue weighted by Crippen LogP contribution is 2.13. The van der Waals surface area contributed by atoms with E-state index in [0.717, 1.165) is 0 Å². The minimum atomic E-state index is -1.25. The smallest absolute Gasteiger partial charge is 0.328 e. The van der Waals surface area contributed by atoms with Crippen molar-refractivity contribution in [3.8, 4) is 5.75 Å². The number of aromatic hydroxyl groups is 1. The van der Waals surface area contributed by atoms with Gasteiger partial charge in [0.1, 0.15) is 17.8 Å². The van der Waals surface area contributed by atoms with E-state index in [0.29, 0.717) is 5.56 Å². The van der Waals surface area contributed by atoms with Crippen LogP contribution in [0.3, 0.4) is 0 Å². The Morgan fingerprint density at radius 3 is 2.22 bits per heavy atom. The van der Waals surface area contributed by atoms with E-state index in [9.17, 15) is 29.6 Å². The summed E-state index contributed by atoms with van der Waals surface area (Å²) in [5, 5.41) is 24.6. The number of phenolic OH excluding ortho intramolecular Hbond substituents is 1. The van der Waals surface area contributed by atoms with Crippen LogP contribution in [0, 0.1) is 16.0 Å². The zero-order valence-electron chi connectivity index (χ0n) is 20.3. The highest BCUT2D eigenvalue weighted by molar-refractivity contribution is 5.92. The topological polar surface area (TPSA) is 224 Å². The first kappa shape index (κ1) is 32.2. The fraction of sp³-hybridized carbons (Fsp3) is 0.524. The van der Waals surface area contributed by atoms with Gasteiger partial charge in [0.25, 0.3) is 0 Å². The lowest BCUT2D eigenvalue weighted by Gasteiger charge is -2.26. The molecule has 0 bridgehead atoms. The van der Waals surface area contributed by atoms with E-state index in [1.807, 2.05) is 5.43 Å². The molecule has 1 rings (SSSR count). The number of amides is 2. The van der Waals surface area contributed by atoms with Crippen molar-refractivity contribution in [3.63, 3.8) is 0 Å². The molecular formula is C21H34ClN7O7. The third kappa shape index (κ3) is 11.6. The molecule has 1 aromatic carbocycles. The molecular weight excluding hydrogens is 498 g/mol. The van der Waals surface area contributed by atoms with Crippen molar-refractivity contribution in [1.29, 1.82) is 0 Å². The summed E-state index contributed by atoms with van der Waals surface area (Å²) < 4.78 is 4.78. The number of hydrogen-bond acceptors (Lipinski definition) is 8. The van der Waals surface area contributed by atoms with Crippen LogP contribution in [0.2, 0.25) is 0 Å². The second-order valence-corrected chi connectivity index (χ2v) is 8.07. The Morgan fingerprint density at radius 1 is 1.11 bits per heavy atom. The van der Waals surface area contributed by atoms with Gasteiger partial charge in [-0.05, 0) is 36.5 Å². The first-order chi connectivity index (χ1) is 16.4. The van der Waals surface area contributed by atoms with Crippen LogP contribution in [-0.4, -0.2) is 65.7 Å². The largest absolute Gasteiger partial charge is 0.508 e. The molecule has 0 saturated heterocycles. The Hall–Kier alpha value is -3.81. The molecule has 1 aromatic rings. The first-order valence-corrected chi connectivity index (χ1v) is 10.9. The number of nitrogens with zero attached hydrogens (tertiary/aromatic N) is 2. The lowest BCUT2D eigenvalue weighted by molar-refractivity contribution is -0.548. The predicted octanol–water partition coefficient (Wildman–Crippen LogP) is -0.641. The Bertz CT molecular complexity index is 908. The summed E-state index contributed by atoms with van der Waals surface area (Å²) in [5.74, 6) is -2.64. The van der Waals surface area contributed by atoms with Crippen LogP contribution < -0.4 is 27.5 Å². The minimum absolute atomic E-state index is 0. The van der Waals surface area contributed by atoms with E-state index >= 15 is 0 Å². The number of nitrogens with two attached hydrogens (primary N) is 2. The number of hydrogen-bond donors (Lipinski definition) is 6. The van der Waals surface area contributed by atoms with Crippen LogP contribution in [0.15, 0.2) is 29.3 Å². The molecule has 0 aliphatic heterocycles. The molecule has 3 atom stereocenters. The second kappa shape index (κ2) is 16.0. The summed E-state index contributed by atoms with van der Waals surface area (Å²) in [6.45, 7) is 3.51. The number of rotatable bonds is 14. The van der Waals surface area contributed by atoms with Crippen molar-refractivity contribution in [3.05, 3.63) is 39.9 Å². The highest BCUT2D eigenvalue weighted by Gasteiger charge is 2.32. The second-order valence-electron chi connectivity index (χ2n) is 8.07. The van der Waals surface area contributed by atoms with Gasteiger partial charge < -0.3 is 31.9 Å². The van der Waals surface area contributed by atoms with Crippen molar-refractivity contribution in [1.82, 2.24) is 16.1 Å². The molecule has 0 aliphatic rings.